The fourth-order valence-electron chi connectivity index (χ4n) is 2.75. The molecule has 1 aliphatic heterocycles. The molecule has 0 bridgehead atoms. The number of amides is 2. The van der Waals surface area contributed by atoms with Gasteiger partial charge in [0.2, 0.25) is 5.91 Å². The van der Waals surface area contributed by atoms with Crippen molar-refractivity contribution in [3.63, 3.8) is 0 Å². The van der Waals surface area contributed by atoms with Crippen molar-refractivity contribution in [3.8, 4) is 5.75 Å². The quantitative estimate of drug-likeness (QED) is 0.740. The molecule has 26 heavy (non-hydrogen) atoms. The Morgan fingerprint density at radius 2 is 2.08 bits per heavy atom. The van der Waals surface area contributed by atoms with Gasteiger partial charge in [-0.3, -0.25) is 14.4 Å². The molecular weight excluding hydrogens is 336 g/mol. The summed E-state index contributed by atoms with van der Waals surface area (Å²) in [6.45, 7) is 6.60. The average Bonchev–Trinajstić information content (AvgIpc) is 2.62. The van der Waals surface area contributed by atoms with Crippen LogP contribution in [0.3, 0.4) is 0 Å². The highest BCUT2D eigenvalue weighted by molar-refractivity contribution is 5.92. The van der Waals surface area contributed by atoms with Crippen LogP contribution in [0.4, 0.5) is 0 Å². The van der Waals surface area contributed by atoms with Gasteiger partial charge >= 0.3 is 5.97 Å². The maximum Gasteiger partial charge on any atom is 0.308 e. The second-order valence-electron chi connectivity index (χ2n) is 6.31. The van der Waals surface area contributed by atoms with Gasteiger partial charge in [-0.1, -0.05) is 19.1 Å². The van der Waals surface area contributed by atoms with Gasteiger partial charge in [0.05, 0.1) is 13.0 Å². The van der Waals surface area contributed by atoms with Crippen molar-refractivity contribution < 1.29 is 23.9 Å². The lowest BCUT2D eigenvalue weighted by molar-refractivity contribution is -0.152. The van der Waals surface area contributed by atoms with Crippen molar-refractivity contribution in [1.29, 1.82) is 0 Å². The fraction of sp³-hybridized carbons (Fsp3) is 0.526. The van der Waals surface area contributed by atoms with E-state index in [1.165, 1.54) is 4.90 Å². The summed E-state index contributed by atoms with van der Waals surface area (Å²) in [6.07, 6.45) is 0.552. The zero-order valence-corrected chi connectivity index (χ0v) is 15.5. The minimum Gasteiger partial charge on any atom is -0.483 e. The lowest BCUT2D eigenvalue weighted by Gasteiger charge is -2.34. The summed E-state index contributed by atoms with van der Waals surface area (Å²) in [5.74, 6) is -0.514. The summed E-state index contributed by atoms with van der Waals surface area (Å²) in [5.41, 5.74) is 2.04. The monoisotopic (exact) mass is 362 g/mol. The van der Waals surface area contributed by atoms with E-state index in [1.54, 1.807) is 6.07 Å². The smallest absolute Gasteiger partial charge is 0.308 e. The maximum absolute atomic E-state index is 12.6. The molecule has 1 atom stereocenters. The number of piperazine rings is 1. The lowest BCUT2D eigenvalue weighted by Crippen LogP contribution is -2.58. The first-order chi connectivity index (χ1) is 12.4. The van der Waals surface area contributed by atoms with Crippen LogP contribution < -0.4 is 10.1 Å². The third-order valence-corrected chi connectivity index (χ3v) is 4.38. The van der Waals surface area contributed by atoms with Crippen molar-refractivity contribution in [2.75, 3.05) is 26.3 Å². The van der Waals surface area contributed by atoms with Crippen LogP contribution in [0.15, 0.2) is 18.2 Å². The number of ether oxygens (including phenoxy) is 2. The molecule has 0 spiro atoms. The third-order valence-electron chi connectivity index (χ3n) is 4.38. The molecule has 0 aliphatic carbocycles. The number of rotatable bonds is 7. The van der Waals surface area contributed by atoms with E-state index >= 15 is 0 Å². The van der Waals surface area contributed by atoms with Crippen molar-refractivity contribution in [3.05, 3.63) is 29.3 Å². The number of benzene rings is 1. The molecule has 7 heteroatoms. The normalized spacial score (nSPS) is 16.8. The Kier molecular flexibility index (Phi) is 7.00. The van der Waals surface area contributed by atoms with E-state index in [1.807, 2.05) is 32.9 Å². The third kappa shape index (κ3) is 4.97. The van der Waals surface area contributed by atoms with Gasteiger partial charge in [-0.2, -0.15) is 0 Å². The Hall–Kier alpha value is -2.57. The van der Waals surface area contributed by atoms with Gasteiger partial charge in [0.15, 0.2) is 6.61 Å². The predicted molar refractivity (Wildman–Crippen MR) is 95.8 cm³/mol. The fourth-order valence-corrected chi connectivity index (χ4v) is 2.75. The molecule has 1 N–H and O–H groups in total. The zero-order valence-electron chi connectivity index (χ0n) is 15.5. The number of hydrogen-bond acceptors (Lipinski definition) is 5. The molecule has 1 heterocycles. The van der Waals surface area contributed by atoms with Gasteiger partial charge < -0.3 is 19.7 Å². The Bertz CT molecular complexity index is 674. The number of aryl methyl sites for hydroxylation is 1. The molecule has 7 nitrogen and oxygen atoms in total. The Labute approximate surface area is 153 Å². The van der Waals surface area contributed by atoms with Gasteiger partial charge in [-0.25, -0.2) is 0 Å². The van der Waals surface area contributed by atoms with Crippen LogP contribution in [0.5, 0.6) is 5.75 Å². The topological polar surface area (TPSA) is 84.9 Å². The van der Waals surface area contributed by atoms with Crippen molar-refractivity contribution in [2.24, 2.45) is 0 Å². The van der Waals surface area contributed by atoms with E-state index in [2.05, 4.69) is 5.32 Å². The van der Waals surface area contributed by atoms with E-state index < -0.39 is 12.0 Å². The first kappa shape index (κ1) is 19.8. The summed E-state index contributed by atoms with van der Waals surface area (Å²) in [4.78, 5) is 38.0. The summed E-state index contributed by atoms with van der Waals surface area (Å²) in [7, 11) is 0. The molecule has 2 rings (SSSR count). The molecular formula is C19H26N2O5. The first-order valence-electron chi connectivity index (χ1n) is 8.85. The lowest BCUT2D eigenvalue weighted by atomic mass is 10.1. The second kappa shape index (κ2) is 9.22. The van der Waals surface area contributed by atoms with Crippen molar-refractivity contribution in [2.45, 2.75) is 39.7 Å². The summed E-state index contributed by atoms with van der Waals surface area (Å²) in [6, 6.07) is 4.78. The van der Waals surface area contributed by atoms with Crippen molar-refractivity contribution >= 4 is 17.8 Å². The average molecular weight is 362 g/mol. The van der Waals surface area contributed by atoms with E-state index in [-0.39, 0.29) is 24.8 Å². The van der Waals surface area contributed by atoms with Crippen LogP contribution >= 0.6 is 0 Å². The number of hydrogen-bond donors (Lipinski definition) is 1. The van der Waals surface area contributed by atoms with Gasteiger partial charge in [0.25, 0.3) is 5.91 Å². The van der Waals surface area contributed by atoms with Crippen LogP contribution in [0, 0.1) is 13.8 Å². The molecule has 2 amide bonds. The van der Waals surface area contributed by atoms with Crippen LogP contribution in [0.25, 0.3) is 0 Å². The minimum atomic E-state index is -0.859. The molecule has 1 saturated heterocycles. The van der Waals surface area contributed by atoms with Gasteiger partial charge in [0.1, 0.15) is 11.8 Å². The van der Waals surface area contributed by atoms with E-state index in [0.717, 1.165) is 11.1 Å². The highest BCUT2D eigenvalue weighted by atomic mass is 16.5. The minimum absolute atomic E-state index is 0.152. The van der Waals surface area contributed by atoms with Gasteiger partial charge in [-0.15, -0.1) is 0 Å². The molecule has 1 aromatic carbocycles. The number of nitrogens with zero attached hydrogens (tertiary/aromatic N) is 1. The molecule has 1 aliphatic rings. The second-order valence-corrected chi connectivity index (χ2v) is 6.31. The molecule has 0 radical (unpaired) electrons. The van der Waals surface area contributed by atoms with Crippen LogP contribution in [-0.4, -0.2) is 55.0 Å². The van der Waals surface area contributed by atoms with E-state index in [0.29, 0.717) is 31.9 Å². The molecule has 1 fully saturated rings. The Balaban J connectivity index is 2.00. The highest BCUT2D eigenvalue weighted by Gasteiger charge is 2.35. The Morgan fingerprint density at radius 3 is 2.81 bits per heavy atom. The largest absolute Gasteiger partial charge is 0.483 e. The zero-order chi connectivity index (χ0) is 19.1. The number of carbonyl (C=O) groups is 3. The van der Waals surface area contributed by atoms with Gasteiger partial charge in [0, 0.05) is 13.1 Å². The Morgan fingerprint density at radius 1 is 1.31 bits per heavy atom. The summed E-state index contributed by atoms with van der Waals surface area (Å²) in [5, 5.41) is 2.69. The number of esters is 1. The predicted octanol–water partition coefficient (Wildman–Crippen LogP) is 1.35. The van der Waals surface area contributed by atoms with Crippen LogP contribution in [-0.2, 0) is 19.1 Å². The highest BCUT2D eigenvalue weighted by Crippen LogP contribution is 2.21. The van der Waals surface area contributed by atoms with Crippen LogP contribution in [0.2, 0.25) is 0 Å². The number of nitrogens with one attached hydrogen (secondary N) is 1. The molecule has 142 valence electrons. The SMILES string of the molecule is CCCOC(=O)CC1C(=O)NCCN1C(=O)COc1cccc(C)c1C. The molecule has 0 saturated carbocycles. The number of carbonyl (C=O) groups excluding carboxylic acids is 3. The van der Waals surface area contributed by atoms with Crippen LogP contribution in [0.1, 0.15) is 30.9 Å². The molecule has 1 aromatic rings. The molecule has 0 aromatic heterocycles. The van der Waals surface area contributed by atoms with Crippen molar-refractivity contribution in [1.82, 2.24) is 10.2 Å². The standard InChI is InChI=1S/C19H26N2O5/c1-4-10-25-18(23)11-15-19(24)20-8-9-21(15)17(22)12-26-16-7-5-6-13(2)14(16)3/h5-7,15H,4,8-12H2,1-3H3,(H,20,24). The van der Waals surface area contributed by atoms with E-state index in [9.17, 15) is 14.4 Å². The van der Waals surface area contributed by atoms with E-state index in [4.69, 9.17) is 9.47 Å². The summed E-state index contributed by atoms with van der Waals surface area (Å²) >= 11 is 0. The first-order valence-corrected chi connectivity index (χ1v) is 8.85. The summed E-state index contributed by atoms with van der Waals surface area (Å²) < 4.78 is 10.7. The molecule has 1 unspecified atom stereocenters. The maximum atomic E-state index is 12.6. The van der Waals surface area contributed by atoms with Gasteiger partial charge in [-0.05, 0) is 37.5 Å².